The molecule has 0 saturated heterocycles. The van der Waals surface area contributed by atoms with Crippen LogP contribution >= 0.6 is 11.6 Å². The molecule has 0 heterocycles. The van der Waals surface area contributed by atoms with E-state index in [0.717, 1.165) is 40.6 Å². The van der Waals surface area contributed by atoms with Gasteiger partial charge < -0.3 is 10.1 Å². The molecule has 1 N–H and O–H groups in total. The minimum atomic E-state index is 0.774. The van der Waals surface area contributed by atoms with E-state index in [1.54, 1.807) is 7.11 Å². The van der Waals surface area contributed by atoms with Crippen molar-refractivity contribution in [2.45, 2.75) is 27.3 Å². The minimum Gasteiger partial charge on any atom is -0.496 e. The first-order valence-electron chi connectivity index (χ1n) is 7.22. The van der Waals surface area contributed by atoms with E-state index in [-0.39, 0.29) is 0 Å². The summed E-state index contributed by atoms with van der Waals surface area (Å²) in [6.45, 7) is 7.97. The van der Waals surface area contributed by atoms with Crippen molar-refractivity contribution in [2.75, 3.05) is 13.7 Å². The highest BCUT2D eigenvalue weighted by molar-refractivity contribution is 6.31. The topological polar surface area (TPSA) is 21.3 Å². The van der Waals surface area contributed by atoms with Gasteiger partial charge in [-0.3, -0.25) is 0 Å². The molecule has 0 bridgehead atoms. The third-order valence-electron chi connectivity index (χ3n) is 3.80. The maximum Gasteiger partial charge on any atom is 0.129 e. The molecule has 0 spiro atoms. The number of halogens is 1. The predicted octanol–water partition coefficient (Wildman–Crippen LogP) is 4.74. The van der Waals surface area contributed by atoms with Crippen LogP contribution in [0.25, 0.3) is 11.1 Å². The Morgan fingerprint density at radius 3 is 2.57 bits per heavy atom. The zero-order chi connectivity index (χ0) is 15.4. The smallest absolute Gasteiger partial charge is 0.129 e. The Morgan fingerprint density at radius 1 is 1.14 bits per heavy atom. The summed E-state index contributed by atoms with van der Waals surface area (Å²) in [4.78, 5) is 0. The van der Waals surface area contributed by atoms with Crippen LogP contribution in [0.4, 0.5) is 0 Å². The van der Waals surface area contributed by atoms with Gasteiger partial charge in [-0.05, 0) is 54.8 Å². The second-order valence-corrected chi connectivity index (χ2v) is 5.58. The van der Waals surface area contributed by atoms with Gasteiger partial charge in [0.05, 0.1) is 7.11 Å². The van der Waals surface area contributed by atoms with Gasteiger partial charge in [-0.15, -0.1) is 0 Å². The monoisotopic (exact) mass is 303 g/mol. The number of hydrogen-bond acceptors (Lipinski definition) is 2. The van der Waals surface area contributed by atoms with Crippen molar-refractivity contribution in [3.05, 3.63) is 52.0 Å². The second-order valence-electron chi connectivity index (χ2n) is 5.17. The molecule has 0 unspecified atom stereocenters. The summed E-state index contributed by atoms with van der Waals surface area (Å²) < 4.78 is 5.61. The Hall–Kier alpha value is -1.51. The molecule has 0 aliphatic carbocycles. The molecule has 0 aliphatic rings. The molecule has 0 radical (unpaired) electrons. The average Bonchev–Trinajstić information content (AvgIpc) is 2.49. The zero-order valence-electron chi connectivity index (χ0n) is 13.1. The van der Waals surface area contributed by atoms with Gasteiger partial charge in [0.2, 0.25) is 0 Å². The van der Waals surface area contributed by atoms with E-state index in [1.807, 2.05) is 12.1 Å². The normalized spacial score (nSPS) is 10.7. The Balaban J connectivity index is 2.49. The van der Waals surface area contributed by atoms with Gasteiger partial charge in [0, 0.05) is 17.1 Å². The quantitative estimate of drug-likeness (QED) is 0.861. The summed E-state index contributed by atoms with van der Waals surface area (Å²) in [6.07, 6.45) is 0. The van der Waals surface area contributed by atoms with Crippen LogP contribution in [0.5, 0.6) is 5.75 Å². The fraction of sp³-hybridized carbons (Fsp3) is 0.333. The van der Waals surface area contributed by atoms with E-state index in [9.17, 15) is 0 Å². The van der Waals surface area contributed by atoms with E-state index in [1.165, 1.54) is 11.1 Å². The van der Waals surface area contributed by atoms with E-state index in [2.05, 4.69) is 44.3 Å². The highest BCUT2D eigenvalue weighted by atomic mass is 35.5. The van der Waals surface area contributed by atoms with Crippen LogP contribution in [-0.4, -0.2) is 13.7 Å². The van der Waals surface area contributed by atoms with E-state index < -0.39 is 0 Å². The lowest BCUT2D eigenvalue weighted by atomic mass is 9.97. The van der Waals surface area contributed by atoms with Crippen molar-refractivity contribution >= 4 is 11.6 Å². The van der Waals surface area contributed by atoms with Crippen LogP contribution in [0.2, 0.25) is 5.02 Å². The molecule has 0 aromatic heterocycles. The first-order valence-corrected chi connectivity index (χ1v) is 7.60. The first-order chi connectivity index (χ1) is 10.1. The maximum absolute atomic E-state index is 6.28. The van der Waals surface area contributed by atoms with Crippen molar-refractivity contribution in [1.82, 2.24) is 5.32 Å². The molecule has 2 aromatic rings. The number of methoxy groups -OCH3 is 1. The van der Waals surface area contributed by atoms with Gasteiger partial charge in [0.15, 0.2) is 0 Å². The van der Waals surface area contributed by atoms with Crippen molar-refractivity contribution in [3.63, 3.8) is 0 Å². The number of rotatable bonds is 5. The SMILES string of the molecule is CCNCc1cc(-c2ccc(C)c(C)c2OC)ccc1Cl. The second kappa shape index (κ2) is 6.97. The van der Waals surface area contributed by atoms with Gasteiger partial charge in [-0.1, -0.05) is 36.7 Å². The minimum absolute atomic E-state index is 0.774. The summed E-state index contributed by atoms with van der Waals surface area (Å²) in [7, 11) is 1.72. The van der Waals surface area contributed by atoms with Crippen LogP contribution < -0.4 is 10.1 Å². The molecular formula is C18H22ClNO. The third-order valence-corrected chi connectivity index (χ3v) is 4.17. The van der Waals surface area contributed by atoms with Gasteiger partial charge >= 0.3 is 0 Å². The number of nitrogens with one attached hydrogen (secondary N) is 1. The van der Waals surface area contributed by atoms with E-state index >= 15 is 0 Å². The van der Waals surface area contributed by atoms with Crippen molar-refractivity contribution in [3.8, 4) is 16.9 Å². The van der Waals surface area contributed by atoms with E-state index in [4.69, 9.17) is 16.3 Å². The molecule has 0 fully saturated rings. The predicted molar refractivity (Wildman–Crippen MR) is 90.3 cm³/mol. The molecule has 112 valence electrons. The Labute approximate surface area is 132 Å². The summed E-state index contributed by atoms with van der Waals surface area (Å²) >= 11 is 6.28. The van der Waals surface area contributed by atoms with Crippen LogP contribution in [0.15, 0.2) is 30.3 Å². The lowest BCUT2D eigenvalue weighted by Gasteiger charge is -2.15. The maximum atomic E-state index is 6.28. The molecule has 0 amide bonds. The fourth-order valence-corrected chi connectivity index (χ4v) is 2.60. The molecule has 21 heavy (non-hydrogen) atoms. The van der Waals surface area contributed by atoms with Gasteiger partial charge in [-0.25, -0.2) is 0 Å². The highest BCUT2D eigenvalue weighted by Gasteiger charge is 2.12. The van der Waals surface area contributed by atoms with Crippen LogP contribution in [0.3, 0.4) is 0 Å². The van der Waals surface area contributed by atoms with Gasteiger partial charge in [0.25, 0.3) is 0 Å². The number of aryl methyl sites for hydroxylation is 1. The molecule has 2 nitrogen and oxygen atoms in total. The van der Waals surface area contributed by atoms with Crippen LogP contribution in [0.1, 0.15) is 23.6 Å². The van der Waals surface area contributed by atoms with Gasteiger partial charge in [-0.2, -0.15) is 0 Å². The molecule has 2 aromatic carbocycles. The molecule has 0 atom stereocenters. The Kier molecular flexibility index (Phi) is 5.27. The largest absolute Gasteiger partial charge is 0.496 e. The van der Waals surface area contributed by atoms with Crippen LogP contribution in [-0.2, 0) is 6.54 Å². The molecule has 0 saturated carbocycles. The summed E-state index contributed by atoms with van der Waals surface area (Å²) in [5.41, 5.74) is 5.76. The third kappa shape index (κ3) is 3.39. The highest BCUT2D eigenvalue weighted by Crippen LogP contribution is 2.35. The molecule has 3 heteroatoms. The fourth-order valence-electron chi connectivity index (χ4n) is 2.42. The van der Waals surface area contributed by atoms with Crippen LogP contribution in [0, 0.1) is 13.8 Å². The summed E-state index contributed by atoms with van der Waals surface area (Å²) in [6, 6.07) is 10.4. The van der Waals surface area contributed by atoms with Gasteiger partial charge in [0.1, 0.15) is 5.75 Å². The molecule has 2 rings (SSSR count). The number of hydrogen-bond donors (Lipinski definition) is 1. The number of benzene rings is 2. The lowest BCUT2D eigenvalue weighted by molar-refractivity contribution is 0.413. The average molecular weight is 304 g/mol. The Bertz CT molecular complexity index is 637. The Morgan fingerprint density at radius 2 is 1.90 bits per heavy atom. The first kappa shape index (κ1) is 15.9. The standard InChI is InChI=1S/C18H22ClNO/c1-5-20-11-15-10-14(7-9-17(15)19)16-8-6-12(2)13(3)18(16)21-4/h6-10,20H,5,11H2,1-4H3. The molecular weight excluding hydrogens is 282 g/mol. The van der Waals surface area contributed by atoms with Crippen molar-refractivity contribution in [1.29, 1.82) is 0 Å². The van der Waals surface area contributed by atoms with Crippen molar-refractivity contribution in [2.24, 2.45) is 0 Å². The number of ether oxygens (including phenoxy) is 1. The van der Waals surface area contributed by atoms with E-state index in [0.29, 0.717) is 0 Å². The summed E-state index contributed by atoms with van der Waals surface area (Å²) in [5, 5.41) is 4.11. The zero-order valence-corrected chi connectivity index (χ0v) is 13.8. The summed E-state index contributed by atoms with van der Waals surface area (Å²) in [5.74, 6) is 0.937. The lowest BCUT2D eigenvalue weighted by Crippen LogP contribution is -2.12. The molecule has 0 aliphatic heterocycles. The van der Waals surface area contributed by atoms with Crippen molar-refractivity contribution < 1.29 is 4.74 Å².